The van der Waals surface area contributed by atoms with Crippen molar-refractivity contribution in [3.8, 4) is 17.2 Å². The lowest BCUT2D eigenvalue weighted by molar-refractivity contribution is 0.322. The zero-order chi connectivity index (χ0) is 11.3. The van der Waals surface area contributed by atoms with Crippen LogP contribution in [0.5, 0.6) is 17.2 Å². The van der Waals surface area contributed by atoms with Crippen LogP contribution in [0.3, 0.4) is 0 Å². The quantitative estimate of drug-likeness (QED) is 0.746. The molecule has 0 aliphatic heterocycles. The van der Waals surface area contributed by atoms with E-state index in [1.165, 1.54) is 5.92 Å². The maximum atomic E-state index is 5.54. The molecule has 1 aromatic rings. The minimum Gasteiger partial charge on any atom is -0.493 e. The van der Waals surface area contributed by atoms with E-state index in [9.17, 15) is 0 Å². The van der Waals surface area contributed by atoms with Gasteiger partial charge in [0.2, 0.25) is 0 Å². The minimum absolute atomic E-state index is 0.621. The lowest BCUT2D eigenvalue weighted by atomic mass is 10.2. The number of hydrogen-bond donors (Lipinski definition) is 0. The summed E-state index contributed by atoms with van der Waals surface area (Å²) in [6, 6.07) is 5.52. The van der Waals surface area contributed by atoms with Gasteiger partial charge in [-0.15, -0.1) is 0 Å². The zero-order valence-electron chi connectivity index (χ0n) is 9.66. The van der Waals surface area contributed by atoms with Crippen LogP contribution in [0.1, 0.15) is 13.8 Å². The van der Waals surface area contributed by atoms with Gasteiger partial charge in [-0.25, -0.2) is 0 Å². The fraction of sp³-hybridized carbons (Fsp3) is 0.417. The van der Waals surface area contributed by atoms with E-state index < -0.39 is 0 Å². The zero-order valence-corrected chi connectivity index (χ0v) is 9.66. The van der Waals surface area contributed by atoms with Gasteiger partial charge in [-0.3, -0.25) is 0 Å². The molecule has 0 aliphatic carbocycles. The SMILES string of the molecule is COc1ccc(OC[C](C)C)cc1OC. The van der Waals surface area contributed by atoms with Gasteiger partial charge in [0, 0.05) is 12.0 Å². The van der Waals surface area contributed by atoms with Crippen molar-refractivity contribution in [2.75, 3.05) is 20.8 Å². The molecule has 1 radical (unpaired) electrons. The summed E-state index contributed by atoms with van der Waals surface area (Å²) >= 11 is 0. The molecule has 3 heteroatoms. The van der Waals surface area contributed by atoms with Gasteiger partial charge in [-0.2, -0.15) is 0 Å². The van der Waals surface area contributed by atoms with Crippen LogP contribution >= 0.6 is 0 Å². The van der Waals surface area contributed by atoms with Gasteiger partial charge < -0.3 is 14.2 Å². The van der Waals surface area contributed by atoms with Crippen LogP contribution in [-0.4, -0.2) is 20.8 Å². The fourth-order valence-electron chi connectivity index (χ4n) is 1.13. The van der Waals surface area contributed by atoms with Crippen molar-refractivity contribution >= 4 is 0 Å². The predicted octanol–water partition coefficient (Wildman–Crippen LogP) is 2.70. The number of ether oxygens (including phenoxy) is 3. The number of benzene rings is 1. The lowest BCUT2D eigenvalue weighted by Gasteiger charge is -2.11. The molecular weight excluding hydrogens is 192 g/mol. The van der Waals surface area contributed by atoms with E-state index in [1.54, 1.807) is 14.2 Å². The molecule has 3 nitrogen and oxygen atoms in total. The molecule has 0 saturated heterocycles. The van der Waals surface area contributed by atoms with Crippen LogP contribution < -0.4 is 14.2 Å². The number of rotatable bonds is 5. The molecule has 0 fully saturated rings. The van der Waals surface area contributed by atoms with E-state index in [1.807, 2.05) is 32.0 Å². The summed E-state index contributed by atoms with van der Waals surface area (Å²) in [5, 5.41) is 0. The van der Waals surface area contributed by atoms with E-state index in [2.05, 4.69) is 0 Å². The molecule has 15 heavy (non-hydrogen) atoms. The van der Waals surface area contributed by atoms with Crippen LogP contribution in [0.15, 0.2) is 18.2 Å². The van der Waals surface area contributed by atoms with Crippen LogP contribution in [-0.2, 0) is 0 Å². The van der Waals surface area contributed by atoms with Crippen molar-refractivity contribution in [3.05, 3.63) is 24.1 Å². The van der Waals surface area contributed by atoms with Gasteiger partial charge in [0.1, 0.15) is 5.75 Å². The number of hydrogen-bond acceptors (Lipinski definition) is 3. The third-order valence-corrected chi connectivity index (χ3v) is 1.88. The summed E-state index contributed by atoms with van der Waals surface area (Å²) in [7, 11) is 3.22. The van der Waals surface area contributed by atoms with E-state index >= 15 is 0 Å². The van der Waals surface area contributed by atoms with Crippen LogP contribution in [0.2, 0.25) is 0 Å². The van der Waals surface area contributed by atoms with Gasteiger partial charge in [0.15, 0.2) is 11.5 Å². The summed E-state index contributed by atoms with van der Waals surface area (Å²) in [6.07, 6.45) is 0. The molecule has 0 spiro atoms. The number of methoxy groups -OCH3 is 2. The van der Waals surface area contributed by atoms with E-state index in [-0.39, 0.29) is 0 Å². The van der Waals surface area contributed by atoms with Crippen molar-refractivity contribution in [3.63, 3.8) is 0 Å². The van der Waals surface area contributed by atoms with E-state index in [0.29, 0.717) is 18.1 Å². The van der Waals surface area contributed by atoms with Crippen LogP contribution in [0.4, 0.5) is 0 Å². The Balaban J connectivity index is 2.74. The molecule has 0 heterocycles. The molecule has 0 N–H and O–H groups in total. The summed E-state index contributed by atoms with van der Waals surface area (Å²) < 4.78 is 15.8. The highest BCUT2D eigenvalue weighted by atomic mass is 16.5. The third-order valence-electron chi connectivity index (χ3n) is 1.88. The van der Waals surface area contributed by atoms with E-state index in [4.69, 9.17) is 14.2 Å². The summed E-state index contributed by atoms with van der Waals surface area (Å²) in [5.41, 5.74) is 0. The Bertz CT molecular complexity index is 308. The fourth-order valence-corrected chi connectivity index (χ4v) is 1.13. The highest BCUT2D eigenvalue weighted by molar-refractivity contribution is 5.45. The van der Waals surface area contributed by atoms with Gasteiger partial charge in [0.05, 0.1) is 20.8 Å². The highest BCUT2D eigenvalue weighted by Gasteiger charge is 2.05. The van der Waals surface area contributed by atoms with Gasteiger partial charge in [-0.05, 0) is 12.1 Å². The van der Waals surface area contributed by atoms with Crippen molar-refractivity contribution in [2.45, 2.75) is 13.8 Å². The monoisotopic (exact) mass is 209 g/mol. The average molecular weight is 209 g/mol. The second-order valence-corrected chi connectivity index (χ2v) is 3.51. The highest BCUT2D eigenvalue weighted by Crippen LogP contribution is 2.30. The first-order chi connectivity index (χ1) is 7.17. The van der Waals surface area contributed by atoms with Crippen molar-refractivity contribution < 1.29 is 14.2 Å². The molecule has 0 aromatic heterocycles. The third kappa shape index (κ3) is 3.35. The van der Waals surface area contributed by atoms with Crippen molar-refractivity contribution in [2.24, 2.45) is 0 Å². The second-order valence-electron chi connectivity index (χ2n) is 3.51. The Morgan fingerprint density at radius 3 is 2.27 bits per heavy atom. The van der Waals surface area contributed by atoms with Crippen LogP contribution in [0.25, 0.3) is 0 Å². The summed E-state index contributed by atoms with van der Waals surface area (Å²) in [4.78, 5) is 0. The van der Waals surface area contributed by atoms with Crippen molar-refractivity contribution in [1.29, 1.82) is 0 Å². The Morgan fingerprint density at radius 2 is 1.73 bits per heavy atom. The molecule has 0 saturated carbocycles. The molecule has 0 bridgehead atoms. The molecule has 0 atom stereocenters. The maximum Gasteiger partial charge on any atom is 0.164 e. The Morgan fingerprint density at radius 1 is 1.07 bits per heavy atom. The van der Waals surface area contributed by atoms with Crippen molar-refractivity contribution in [1.82, 2.24) is 0 Å². The topological polar surface area (TPSA) is 27.7 Å². The predicted molar refractivity (Wildman–Crippen MR) is 59.6 cm³/mol. The summed E-state index contributed by atoms with van der Waals surface area (Å²) in [5.74, 6) is 3.41. The first-order valence-electron chi connectivity index (χ1n) is 4.81. The molecule has 0 amide bonds. The Kier molecular flexibility index (Phi) is 4.28. The van der Waals surface area contributed by atoms with Gasteiger partial charge >= 0.3 is 0 Å². The first-order valence-corrected chi connectivity index (χ1v) is 4.81. The molecule has 0 aliphatic rings. The lowest BCUT2D eigenvalue weighted by Crippen LogP contribution is -2.03. The molecule has 0 unspecified atom stereocenters. The van der Waals surface area contributed by atoms with Gasteiger partial charge in [-0.1, -0.05) is 13.8 Å². The second kappa shape index (κ2) is 5.49. The standard InChI is InChI=1S/C12H17O3/c1-9(2)8-15-10-5-6-11(13-3)12(7-10)14-4/h5-7H,8H2,1-4H3. The molecule has 83 valence electrons. The van der Waals surface area contributed by atoms with Gasteiger partial charge in [0.25, 0.3) is 0 Å². The smallest absolute Gasteiger partial charge is 0.164 e. The molecule has 1 aromatic carbocycles. The Labute approximate surface area is 91.0 Å². The molecule has 1 rings (SSSR count). The average Bonchev–Trinajstić information content (AvgIpc) is 2.25. The molecular formula is C12H17O3. The minimum atomic E-state index is 0.621. The van der Waals surface area contributed by atoms with E-state index in [0.717, 1.165) is 5.75 Å². The largest absolute Gasteiger partial charge is 0.493 e. The normalized spacial score (nSPS) is 10.2. The van der Waals surface area contributed by atoms with Crippen LogP contribution in [0, 0.1) is 5.92 Å². The summed E-state index contributed by atoms with van der Waals surface area (Å²) in [6.45, 7) is 4.68. The Hall–Kier alpha value is -1.38. The maximum absolute atomic E-state index is 5.54. The first kappa shape index (κ1) is 11.7.